The zero-order valence-corrected chi connectivity index (χ0v) is 16.3. The van der Waals surface area contributed by atoms with Crippen LogP contribution in [0.5, 0.6) is 0 Å². The predicted molar refractivity (Wildman–Crippen MR) is 107 cm³/mol. The summed E-state index contributed by atoms with van der Waals surface area (Å²) in [5.74, 6) is 0. The normalized spacial score (nSPS) is 13.7. The summed E-state index contributed by atoms with van der Waals surface area (Å²) in [5.41, 5.74) is 7.60. The Morgan fingerprint density at radius 2 is 1.56 bits per heavy atom. The standard InChI is InChI=1S/C22H30N2O3/c1-22(2,3)27-21(26)24(15-18-12-8-5-9-13-18)16-20(25)19(23)14-17-10-6-4-7-11-17/h4-13,19-20,25H,14-16,23H2,1-3H3/t19-,20+/m0/s1. The summed E-state index contributed by atoms with van der Waals surface area (Å²) in [6.07, 6.45) is -0.783. The molecule has 2 rings (SSSR count). The van der Waals surface area contributed by atoms with Crippen LogP contribution in [0, 0.1) is 0 Å². The molecule has 0 aliphatic carbocycles. The predicted octanol–water partition coefficient (Wildman–Crippen LogP) is 3.35. The third-order valence-corrected chi connectivity index (χ3v) is 4.08. The Morgan fingerprint density at radius 3 is 2.07 bits per heavy atom. The summed E-state index contributed by atoms with van der Waals surface area (Å²) in [5, 5.41) is 10.6. The first-order valence-electron chi connectivity index (χ1n) is 9.24. The monoisotopic (exact) mass is 370 g/mol. The van der Waals surface area contributed by atoms with Crippen molar-refractivity contribution in [2.45, 2.75) is 51.5 Å². The van der Waals surface area contributed by atoms with Crippen molar-refractivity contribution >= 4 is 6.09 Å². The van der Waals surface area contributed by atoms with Crippen molar-refractivity contribution in [3.8, 4) is 0 Å². The molecule has 0 heterocycles. The Labute approximate surface area is 161 Å². The van der Waals surface area contributed by atoms with Gasteiger partial charge in [0.2, 0.25) is 0 Å². The van der Waals surface area contributed by atoms with E-state index in [0.29, 0.717) is 13.0 Å². The zero-order valence-electron chi connectivity index (χ0n) is 16.3. The number of carbonyl (C=O) groups excluding carboxylic acids is 1. The van der Waals surface area contributed by atoms with E-state index in [2.05, 4.69) is 0 Å². The molecular formula is C22H30N2O3. The topological polar surface area (TPSA) is 75.8 Å². The van der Waals surface area contributed by atoms with Gasteiger partial charge in [-0.3, -0.25) is 0 Å². The van der Waals surface area contributed by atoms with Crippen LogP contribution in [0.3, 0.4) is 0 Å². The molecule has 5 nitrogen and oxygen atoms in total. The van der Waals surface area contributed by atoms with Crippen molar-refractivity contribution in [2.75, 3.05) is 6.54 Å². The molecule has 0 aromatic heterocycles. The second-order valence-electron chi connectivity index (χ2n) is 7.77. The van der Waals surface area contributed by atoms with Crippen molar-refractivity contribution in [3.05, 3.63) is 71.8 Å². The van der Waals surface area contributed by atoms with Gasteiger partial charge >= 0.3 is 6.09 Å². The van der Waals surface area contributed by atoms with Gasteiger partial charge in [0.25, 0.3) is 0 Å². The molecule has 1 amide bonds. The van der Waals surface area contributed by atoms with E-state index < -0.39 is 23.8 Å². The van der Waals surface area contributed by atoms with Crippen LogP contribution in [0.4, 0.5) is 4.79 Å². The molecule has 5 heteroatoms. The van der Waals surface area contributed by atoms with E-state index in [4.69, 9.17) is 10.5 Å². The van der Waals surface area contributed by atoms with Crippen molar-refractivity contribution in [1.82, 2.24) is 4.90 Å². The van der Waals surface area contributed by atoms with Gasteiger partial charge in [0, 0.05) is 12.6 Å². The summed E-state index contributed by atoms with van der Waals surface area (Å²) < 4.78 is 5.51. The lowest BCUT2D eigenvalue weighted by molar-refractivity contribution is 0.00995. The number of benzene rings is 2. The molecule has 0 radical (unpaired) electrons. The van der Waals surface area contributed by atoms with Crippen molar-refractivity contribution in [3.63, 3.8) is 0 Å². The zero-order chi connectivity index (χ0) is 19.9. The lowest BCUT2D eigenvalue weighted by atomic mass is 10.0. The summed E-state index contributed by atoms with van der Waals surface area (Å²) in [6, 6.07) is 18.9. The summed E-state index contributed by atoms with van der Waals surface area (Å²) in [6.45, 7) is 5.93. The minimum Gasteiger partial charge on any atom is -0.444 e. The molecule has 3 N–H and O–H groups in total. The summed E-state index contributed by atoms with van der Waals surface area (Å²) in [4.78, 5) is 14.1. The van der Waals surface area contributed by atoms with E-state index in [1.54, 1.807) is 0 Å². The maximum absolute atomic E-state index is 12.6. The maximum Gasteiger partial charge on any atom is 0.410 e. The van der Waals surface area contributed by atoms with Crippen LogP contribution >= 0.6 is 0 Å². The quantitative estimate of drug-likeness (QED) is 0.784. The van der Waals surface area contributed by atoms with E-state index in [1.807, 2.05) is 81.4 Å². The third-order valence-electron chi connectivity index (χ3n) is 4.08. The molecule has 2 aromatic rings. The number of nitrogens with zero attached hydrogens (tertiary/aromatic N) is 1. The van der Waals surface area contributed by atoms with Gasteiger partial charge in [-0.1, -0.05) is 60.7 Å². The molecule has 2 aromatic carbocycles. The fourth-order valence-electron chi connectivity index (χ4n) is 2.72. The average molecular weight is 370 g/mol. The Kier molecular flexibility index (Phi) is 7.39. The number of rotatable bonds is 7. The first-order valence-corrected chi connectivity index (χ1v) is 9.24. The van der Waals surface area contributed by atoms with Crippen LogP contribution in [0.15, 0.2) is 60.7 Å². The third kappa shape index (κ3) is 7.41. The molecule has 0 aliphatic heterocycles. The molecule has 0 unspecified atom stereocenters. The number of carbonyl (C=O) groups is 1. The van der Waals surface area contributed by atoms with Gasteiger partial charge in [-0.25, -0.2) is 4.79 Å². The average Bonchev–Trinajstić information content (AvgIpc) is 2.61. The number of hydrogen-bond acceptors (Lipinski definition) is 4. The largest absolute Gasteiger partial charge is 0.444 e. The Morgan fingerprint density at radius 1 is 1.04 bits per heavy atom. The highest BCUT2D eigenvalue weighted by Crippen LogP contribution is 2.14. The minimum atomic E-state index is -0.860. The van der Waals surface area contributed by atoms with E-state index in [0.717, 1.165) is 11.1 Å². The molecule has 0 spiro atoms. The van der Waals surface area contributed by atoms with Gasteiger partial charge in [0.05, 0.1) is 12.6 Å². The van der Waals surface area contributed by atoms with Crippen molar-refractivity contribution in [1.29, 1.82) is 0 Å². The van der Waals surface area contributed by atoms with Crippen LogP contribution in [-0.2, 0) is 17.7 Å². The highest BCUT2D eigenvalue weighted by atomic mass is 16.6. The molecule has 0 bridgehead atoms. The molecule has 2 atom stereocenters. The Balaban J connectivity index is 2.06. The molecular weight excluding hydrogens is 340 g/mol. The van der Waals surface area contributed by atoms with Crippen LogP contribution in [0.25, 0.3) is 0 Å². The van der Waals surface area contributed by atoms with Gasteiger partial charge in [-0.2, -0.15) is 0 Å². The van der Waals surface area contributed by atoms with E-state index in [1.165, 1.54) is 4.90 Å². The number of nitrogens with two attached hydrogens (primary N) is 1. The molecule has 0 aliphatic rings. The number of aliphatic hydroxyl groups excluding tert-OH is 1. The smallest absolute Gasteiger partial charge is 0.410 e. The highest BCUT2D eigenvalue weighted by molar-refractivity contribution is 5.68. The fourth-order valence-corrected chi connectivity index (χ4v) is 2.72. The van der Waals surface area contributed by atoms with Crippen LogP contribution in [-0.4, -0.2) is 40.4 Å². The number of aliphatic hydroxyl groups is 1. The lowest BCUT2D eigenvalue weighted by Gasteiger charge is -2.30. The SMILES string of the molecule is CC(C)(C)OC(=O)N(Cc1ccccc1)C[C@@H](O)[C@@H](N)Cc1ccccc1. The molecule has 27 heavy (non-hydrogen) atoms. The molecule has 0 fully saturated rings. The summed E-state index contributed by atoms with van der Waals surface area (Å²) >= 11 is 0. The second kappa shape index (κ2) is 9.53. The Hall–Kier alpha value is -2.37. The lowest BCUT2D eigenvalue weighted by Crippen LogP contribution is -2.47. The van der Waals surface area contributed by atoms with E-state index >= 15 is 0 Å². The van der Waals surface area contributed by atoms with Gasteiger partial charge < -0.3 is 20.5 Å². The number of hydrogen-bond donors (Lipinski definition) is 2. The van der Waals surface area contributed by atoms with Crippen molar-refractivity contribution in [2.24, 2.45) is 5.73 Å². The second-order valence-corrected chi connectivity index (χ2v) is 7.77. The van der Waals surface area contributed by atoms with Gasteiger partial charge in [-0.05, 0) is 38.3 Å². The first-order chi connectivity index (χ1) is 12.7. The van der Waals surface area contributed by atoms with Crippen LogP contribution in [0.1, 0.15) is 31.9 Å². The molecule has 0 saturated heterocycles. The molecule has 146 valence electrons. The number of ether oxygens (including phenoxy) is 1. The van der Waals surface area contributed by atoms with Crippen molar-refractivity contribution < 1.29 is 14.6 Å². The molecule has 0 saturated carbocycles. The summed E-state index contributed by atoms with van der Waals surface area (Å²) in [7, 11) is 0. The van der Waals surface area contributed by atoms with Crippen LogP contribution < -0.4 is 5.73 Å². The highest BCUT2D eigenvalue weighted by Gasteiger charge is 2.26. The minimum absolute atomic E-state index is 0.109. The van der Waals surface area contributed by atoms with E-state index in [-0.39, 0.29) is 6.54 Å². The maximum atomic E-state index is 12.6. The first kappa shape index (κ1) is 20.9. The van der Waals surface area contributed by atoms with Gasteiger partial charge in [0.15, 0.2) is 0 Å². The fraction of sp³-hybridized carbons (Fsp3) is 0.409. The Bertz CT molecular complexity index is 699. The number of amides is 1. The van der Waals surface area contributed by atoms with Gasteiger partial charge in [-0.15, -0.1) is 0 Å². The van der Waals surface area contributed by atoms with Gasteiger partial charge in [0.1, 0.15) is 5.60 Å². The van der Waals surface area contributed by atoms with Crippen LogP contribution in [0.2, 0.25) is 0 Å². The van der Waals surface area contributed by atoms with E-state index in [9.17, 15) is 9.90 Å².